The molecule has 0 aliphatic rings. The molecule has 7 nitrogen and oxygen atoms in total. The van der Waals surface area contributed by atoms with Crippen LogP contribution in [-0.2, 0) is 0 Å². The number of nitro benzene ring substituents is 1. The number of rotatable bonds is 7. The van der Waals surface area contributed by atoms with Crippen molar-refractivity contribution >= 4 is 22.5 Å². The summed E-state index contributed by atoms with van der Waals surface area (Å²) in [5, 5.41) is 17.4. The summed E-state index contributed by atoms with van der Waals surface area (Å²) in [6, 6.07) is 6.09. The monoisotopic (exact) mass is 290 g/mol. The molecule has 3 N–H and O–H groups in total. The summed E-state index contributed by atoms with van der Waals surface area (Å²) in [4.78, 5) is 25.2. The zero-order chi connectivity index (χ0) is 15.2. The topological polar surface area (TPSA) is 100 Å². The molecule has 0 aliphatic carbocycles. The van der Waals surface area contributed by atoms with E-state index in [1.54, 1.807) is 12.1 Å². The van der Waals surface area contributed by atoms with E-state index in [9.17, 15) is 14.9 Å². The Bertz CT molecular complexity index is 651. The Morgan fingerprint density at radius 3 is 2.81 bits per heavy atom. The number of H-pyrrole nitrogens is 1. The van der Waals surface area contributed by atoms with E-state index in [2.05, 4.69) is 22.5 Å². The van der Waals surface area contributed by atoms with Crippen molar-refractivity contribution in [2.75, 3.05) is 19.6 Å². The second-order valence-corrected chi connectivity index (χ2v) is 4.72. The maximum Gasteiger partial charge on any atom is 0.270 e. The summed E-state index contributed by atoms with van der Waals surface area (Å²) < 4.78 is 0. The molecule has 1 amide bonds. The number of aromatic nitrogens is 1. The predicted molar refractivity (Wildman–Crippen MR) is 80.4 cm³/mol. The van der Waals surface area contributed by atoms with Crippen molar-refractivity contribution in [3.05, 3.63) is 40.1 Å². The van der Waals surface area contributed by atoms with Crippen LogP contribution in [0.2, 0.25) is 0 Å². The highest BCUT2D eigenvalue weighted by molar-refractivity contribution is 5.98. The number of carbonyl (C=O) groups excluding carboxylic acids is 1. The van der Waals surface area contributed by atoms with Gasteiger partial charge >= 0.3 is 0 Å². The molecule has 1 aromatic heterocycles. The number of nitrogens with one attached hydrogen (secondary N) is 3. The van der Waals surface area contributed by atoms with Crippen molar-refractivity contribution in [1.29, 1.82) is 0 Å². The van der Waals surface area contributed by atoms with E-state index in [0.717, 1.165) is 13.0 Å². The summed E-state index contributed by atoms with van der Waals surface area (Å²) in [6.45, 7) is 4.25. The van der Waals surface area contributed by atoms with Crippen LogP contribution < -0.4 is 10.6 Å². The first kappa shape index (κ1) is 15.0. The molecule has 0 atom stereocenters. The Balaban J connectivity index is 2.01. The Morgan fingerprint density at radius 1 is 1.29 bits per heavy atom. The van der Waals surface area contributed by atoms with Crippen molar-refractivity contribution in [2.45, 2.75) is 13.3 Å². The minimum atomic E-state index is -0.453. The standard InChI is InChI=1S/C14H18N4O3/c1-2-5-15-6-7-16-14(19)13-9-10-8-11(18(20)21)3-4-12(10)17-13/h3-4,8-9,15,17H,2,5-7H2,1H3,(H,16,19). The largest absolute Gasteiger partial charge is 0.351 e. The molecular weight excluding hydrogens is 272 g/mol. The normalized spacial score (nSPS) is 10.7. The van der Waals surface area contributed by atoms with Gasteiger partial charge in [0.1, 0.15) is 5.69 Å². The molecule has 0 aliphatic heterocycles. The molecule has 0 unspecified atom stereocenters. The number of carbonyl (C=O) groups is 1. The first-order valence-corrected chi connectivity index (χ1v) is 6.88. The molecule has 2 aromatic rings. The van der Waals surface area contributed by atoms with Gasteiger partial charge in [0, 0.05) is 36.1 Å². The number of hydrogen-bond donors (Lipinski definition) is 3. The van der Waals surface area contributed by atoms with Gasteiger partial charge in [-0.3, -0.25) is 14.9 Å². The molecule has 1 heterocycles. The van der Waals surface area contributed by atoms with E-state index >= 15 is 0 Å². The molecule has 112 valence electrons. The second-order valence-electron chi connectivity index (χ2n) is 4.72. The van der Waals surface area contributed by atoms with Crippen molar-refractivity contribution in [3.8, 4) is 0 Å². The average Bonchev–Trinajstić information content (AvgIpc) is 2.89. The third-order valence-corrected chi connectivity index (χ3v) is 3.07. The molecule has 21 heavy (non-hydrogen) atoms. The quantitative estimate of drug-likeness (QED) is 0.411. The average molecular weight is 290 g/mol. The highest BCUT2D eigenvalue weighted by Gasteiger charge is 2.12. The molecule has 2 rings (SSSR count). The Hall–Kier alpha value is -2.41. The van der Waals surface area contributed by atoms with Crippen LogP contribution in [0.4, 0.5) is 5.69 Å². The minimum absolute atomic E-state index is 0.0113. The zero-order valence-corrected chi connectivity index (χ0v) is 11.8. The molecule has 0 saturated carbocycles. The van der Waals surface area contributed by atoms with E-state index in [4.69, 9.17) is 0 Å². The van der Waals surface area contributed by atoms with Gasteiger partial charge in [-0.15, -0.1) is 0 Å². The number of amides is 1. The van der Waals surface area contributed by atoms with Crippen LogP contribution in [0, 0.1) is 10.1 Å². The first-order chi connectivity index (χ1) is 10.1. The SMILES string of the molecule is CCCNCCNC(=O)c1cc2cc([N+](=O)[O-])ccc2[nH]1. The summed E-state index contributed by atoms with van der Waals surface area (Å²) >= 11 is 0. The molecule has 0 fully saturated rings. The maximum absolute atomic E-state index is 12.0. The molecular formula is C14H18N4O3. The van der Waals surface area contributed by atoms with Crippen LogP contribution in [0.1, 0.15) is 23.8 Å². The summed E-state index contributed by atoms with van der Waals surface area (Å²) in [5.41, 5.74) is 1.12. The lowest BCUT2D eigenvalue weighted by atomic mass is 10.2. The number of nitro groups is 1. The van der Waals surface area contributed by atoms with Crippen molar-refractivity contribution < 1.29 is 9.72 Å². The van der Waals surface area contributed by atoms with Crippen LogP contribution in [0.25, 0.3) is 10.9 Å². The Labute approximate surface area is 121 Å². The Morgan fingerprint density at radius 2 is 2.10 bits per heavy atom. The van der Waals surface area contributed by atoms with E-state index in [1.807, 2.05) is 0 Å². The molecule has 0 saturated heterocycles. The lowest BCUT2D eigenvalue weighted by Gasteiger charge is -2.04. The molecule has 1 aromatic carbocycles. The van der Waals surface area contributed by atoms with Gasteiger partial charge in [0.25, 0.3) is 11.6 Å². The minimum Gasteiger partial charge on any atom is -0.351 e. The van der Waals surface area contributed by atoms with Crippen LogP contribution in [-0.4, -0.2) is 35.4 Å². The van der Waals surface area contributed by atoms with Crippen LogP contribution in [0.15, 0.2) is 24.3 Å². The zero-order valence-electron chi connectivity index (χ0n) is 11.8. The third-order valence-electron chi connectivity index (χ3n) is 3.07. The van der Waals surface area contributed by atoms with E-state index in [1.165, 1.54) is 12.1 Å². The van der Waals surface area contributed by atoms with Crippen LogP contribution in [0.5, 0.6) is 0 Å². The molecule has 0 bridgehead atoms. The highest BCUT2D eigenvalue weighted by Crippen LogP contribution is 2.21. The second kappa shape index (κ2) is 6.85. The van der Waals surface area contributed by atoms with Gasteiger partial charge in [-0.2, -0.15) is 0 Å². The molecule has 7 heteroatoms. The maximum atomic E-state index is 12.0. The summed E-state index contributed by atoms with van der Waals surface area (Å²) in [5.74, 6) is -0.216. The molecule has 0 spiro atoms. The summed E-state index contributed by atoms with van der Waals surface area (Å²) in [6.07, 6.45) is 1.05. The fourth-order valence-corrected chi connectivity index (χ4v) is 2.02. The number of fused-ring (bicyclic) bond motifs is 1. The van der Waals surface area contributed by atoms with E-state index in [0.29, 0.717) is 29.7 Å². The van der Waals surface area contributed by atoms with E-state index < -0.39 is 4.92 Å². The molecule has 0 radical (unpaired) electrons. The Kier molecular flexibility index (Phi) is 4.89. The lowest BCUT2D eigenvalue weighted by Crippen LogP contribution is -2.32. The number of non-ortho nitro benzene ring substituents is 1. The number of nitrogens with zero attached hydrogens (tertiary/aromatic N) is 1. The van der Waals surface area contributed by atoms with Crippen LogP contribution >= 0.6 is 0 Å². The van der Waals surface area contributed by atoms with Gasteiger partial charge in [0.2, 0.25) is 0 Å². The number of hydrogen-bond acceptors (Lipinski definition) is 4. The number of benzene rings is 1. The van der Waals surface area contributed by atoms with Crippen molar-refractivity contribution in [2.24, 2.45) is 0 Å². The first-order valence-electron chi connectivity index (χ1n) is 6.88. The van der Waals surface area contributed by atoms with E-state index in [-0.39, 0.29) is 11.6 Å². The lowest BCUT2D eigenvalue weighted by molar-refractivity contribution is -0.384. The van der Waals surface area contributed by atoms with Gasteiger partial charge in [0.15, 0.2) is 0 Å². The fraction of sp³-hybridized carbons (Fsp3) is 0.357. The summed E-state index contributed by atoms with van der Waals surface area (Å²) in [7, 11) is 0. The fourth-order valence-electron chi connectivity index (χ4n) is 2.02. The van der Waals surface area contributed by atoms with Gasteiger partial charge in [-0.25, -0.2) is 0 Å². The van der Waals surface area contributed by atoms with Crippen LogP contribution in [0.3, 0.4) is 0 Å². The third kappa shape index (κ3) is 3.79. The highest BCUT2D eigenvalue weighted by atomic mass is 16.6. The van der Waals surface area contributed by atoms with Crippen molar-refractivity contribution in [3.63, 3.8) is 0 Å². The smallest absolute Gasteiger partial charge is 0.270 e. The number of aromatic amines is 1. The van der Waals surface area contributed by atoms with Gasteiger partial charge in [-0.05, 0) is 25.1 Å². The van der Waals surface area contributed by atoms with Gasteiger partial charge in [-0.1, -0.05) is 6.92 Å². The van der Waals surface area contributed by atoms with Crippen molar-refractivity contribution in [1.82, 2.24) is 15.6 Å². The predicted octanol–water partition coefficient (Wildman–Crippen LogP) is 1.81. The van der Waals surface area contributed by atoms with Gasteiger partial charge < -0.3 is 15.6 Å². The van der Waals surface area contributed by atoms with Gasteiger partial charge in [0.05, 0.1) is 4.92 Å².